The molecule has 26 heavy (non-hydrogen) atoms. The minimum absolute atomic E-state index is 0.0450. The van der Waals surface area contributed by atoms with E-state index in [-0.39, 0.29) is 11.8 Å². The second-order valence-electron chi connectivity index (χ2n) is 6.51. The van der Waals surface area contributed by atoms with Gasteiger partial charge in [0.25, 0.3) is 0 Å². The molecule has 0 radical (unpaired) electrons. The maximum absolute atomic E-state index is 11.9. The number of carbonyl (C=O) groups excluding carboxylic acids is 2. The van der Waals surface area contributed by atoms with E-state index in [1.54, 1.807) is 0 Å². The third-order valence-corrected chi connectivity index (χ3v) is 4.40. The van der Waals surface area contributed by atoms with Gasteiger partial charge in [-0.05, 0) is 48.7 Å². The fourth-order valence-electron chi connectivity index (χ4n) is 2.97. The SMILES string of the molecule is Cc1cccc(OCCC(=O)NCc2ccc(N3CCCC3=O)cc2)c1. The summed E-state index contributed by atoms with van der Waals surface area (Å²) >= 11 is 0. The number of rotatable bonds is 7. The Hall–Kier alpha value is -2.82. The highest BCUT2D eigenvalue weighted by Crippen LogP contribution is 2.21. The van der Waals surface area contributed by atoms with Crippen molar-refractivity contribution in [3.05, 3.63) is 59.7 Å². The average molecular weight is 352 g/mol. The van der Waals surface area contributed by atoms with Crippen LogP contribution >= 0.6 is 0 Å². The van der Waals surface area contributed by atoms with Crippen LogP contribution in [0.4, 0.5) is 5.69 Å². The molecule has 2 amide bonds. The molecule has 0 bridgehead atoms. The lowest BCUT2D eigenvalue weighted by molar-refractivity contribution is -0.121. The molecule has 1 N–H and O–H groups in total. The van der Waals surface area contributed by atoms with Crippen LogP contribution in [0.15, 0.2) is 48.5 Å². The first-order valence-corrected chi connectivity index (χ1v) is 8.97. The summed E-state index contributed by atoms with van der Waals surface area (Å²) in [7, 11) is 0. The molecular formula is C21H24N2O3. The Labute approximate surface area is 154 Å². The molecule has 0 unspecified atom stereocenters. The molecule has 0 aromatic heterocycles. The van der Waals surface area contributed by atoms with Gasteiger partial charge in [0.1, 0.15) is 5.75 Å². The Balaban J connectivity index is 1.40. The van der Waals surface area contributed by atoms with Gasteiger partial charge in [-0.15, -0.1) is 0 Å². The highest BCUT2D eigenvalue weighted by Gasteiger charge is 2.21. The maximum atomic E-state index is 11.9. The van der Waals surface area contributed by atoms with Crippen molar-refractivity contribution >= 4 is 17.5 Å². The first-order valence-electron chi connectivity index (χ1n) is 8.97. The Morgan fingerprint density at radius 3 is 2.69 bits per heavy atom. The zero-order valence-corrected chi connectivity index (χ0v) is 15.0. The Kier molecular flexibility index (Phi) is 5.89. The molecule has 5 nitrogen and oxygen atoms in total. The van der Waals surface area contributed by atoms with E-state index in [1.165, 1.54) is 0 Å². The van der Waals surface area contributed by atoms with Crippen molar-refractivity contribution in [1.82, 2.24) is 5.32 Å². The van der Waals surface area contributed by atoms with E-state index in [9.17, 15) is 9.59 Å². The van der Waals surface area contributed by atoms with Crippen LogP contribution < -0.4 is 15.0 Å². The lowest BCUT2D eigenvalue weighted by Crippen LogP contribution is -2.25. The molecule has 1 fully saturated rings. The zero-order valence-electron chi connectivity index (χ0n) is 15.0. The number of anilines is 1. The van der Waals surface area contributed by atoms with Crippen molar-refractivity contribution in [2.45, 2.75) is 32.7 Å². The normalized spacial score (nSPS) is 13.7. The molecule has 0 aliphatic carbocycles. The molecule has 0 atom stereocenters. The van der Waals surface area contributed by atoms with Crippen LogP contribution in [-0.4, -0.2) is 25.0 Å². The minimum atomic E-state index is -0.0450. The van der Waals surface area contributed by atoms with E-state index < -0.39 is 0 Å². The van der Waals surface area contributed by atoms with E-state index >= 15 is 0 Å². The summed E-state index contributed by atoms with van der Waals surface area (Å²) in [5.74, 6) is 0.918. The van der Waals surface area contributed by atoms with Crippen LogP contribution in [0.5, 0.6) is 5.75 Å². The van der Waals surface area contributed by atoms with Gasteiger partial charge in [-0.1, -0.05) is 24.3 Å². The molecule has 1 aliphatic rings. The van der Waals surface area contributed by atoms with Crippen molar-refractivity contribution < 1.29 is 14.3 Å². The summed E-state index contributed by atoms with van der Waals surface area (Å²) in [4.78, 5) is 25.5. The van der Waals surface area contributed by atoms with E-state index in [0.717, 1.165) is 35.5 Å². The zero-order chi connectivity index (χ0) is 18.4. The van der Waals surface area contributed by atoms with Gasteiger partial charge >= 0.3 is 0 Å². The van der Waals surface area contributed by atoms with Crippen LogP contribution in [0.2, 0.25) is 0 Å². The summed E-state index contributed by atoms with van der Waals surface area (Å²) in [6.45, 7) is 3.61. The fourth-order valence-corrected chi connectivity index (χ4v) is 2.97. The van der Waals surface area contributed by atoms with Gasteiger partial charge in [-0.3, -0.25) is 9.59 Å². The predicted octanol–water partition coefficient (Wildman–Crippen LogP) is 3.21. The standard InChI is InChI=1S/C21H24N2O3/c1-16-4-2-5-19(14-16)26-13-11-20(24)22-15-17-7-9-18(10-8-17)23-12-3-6-21(23)25/h2,4-5,7-10,14H,3,6,11-13,15H2,1H3,(H,22,24). The van der Waals surface area contributed by atoms with E-state index in [2.05, 4.69) is 5.32 Å². The molecule has 1 heterocycles. The number of carbonyl (C=O) groups is 2. The van der Waals surface area contributed by atoms with Gasteiger partial charge in [-0.2, -0.15) is 0 Å². The number of hydrogen-bond acceptors (Lipinski definition) is 3. The van der Waals surface area contributed by atoms with Gasteiger partial charge in [0, 0.05) is 25.2 Å². The second kappa shape index (κ2) is 8.52. The minimum Gasteiger partial charge on any atom is -0.493 e. The number of ether oxygens (including phenoxy) is 1. The smallest absolute Gasteiger partial charge is 0.227 e. The largest absolute Gasteiger partial charge is 0.493 e. The molecule has 0 spiro atoms. The second-order valence-corrected chi connectivity index (χ2v) is 6.51. The first-order chi connectivity index (χ1) is 12.6. The van der Waals surface area contributed by atoms with Crippen molar-refractivity contribution in [3.8, 4) is 5.75 Å². The number of nitrogens with zero attached hydrogens (tertiary/aromatic N) is 1. The topological polar surface area (TPSA) is 58.6 Å². The molecule has 0 saturated carbocycles. The molecule has 5 heteroatoms. The van der Waals surface area contributed by atoms with Crippen molar-refractivity contribution in [2.75, 3.05) is 18.1 Å². The van der Waals surface area contributed by atoms with Gasteiger partial charge in [0.2, 0.25) is 11.8 Å². The molecule has 2 aromatic carbocycles. The van der Waals surface area contributed by atoms with E-state index in [0.29, 0.717) is 26.0 Å². The Bertz CT molecular complexity index is 771. The van der Waals surface area contributed by atoms with Gasteiger partial charge in [0.05, 0.1) is 13.0 Å². The number of amides is 2. The molecular weight excluding hydrogens is 328 g/mol. The summed E-state index contributed by atoms with van der Waals surface area (Å²) in [6.07, 6.45) is 1.86. The van der Waals surface area contributed by atoms with Crippen molar-refractivity contribution in [3.63, 3.8) is 0 Å². The molecule has 2 aromatic rings. The number of aryl methyl sites for hydroxylation is 1. The van der Waals surface area contributed by atoms with Gasteiger partial charge in [-0.25, -0.2) is 0 Å². The summed E-state index contributed by atoms with van der Waals surface area (Å²) < 4.78 is 5.59. The molecule has 1 saturated heterocycles. The monoisotopic (exact) mass is 352 g/mol. The van der Waals surface area contributed by atoms with Crippen LogP contribution in [-0.2, 0) is 16.1 Å². The van der Waals surface area contributed by atoms with Crippen LogP contribution in [0.1, 0.15) is 30.4 Å². The highest BCUT2D eigenvalue weighted by molar-refractivity contribution is 5.95. The third kappa shape index (κ3) is 4.85. The number of benzene rings is 2. The first kappa shape index (κ1) is 18.0. The predicted molar refractivity (Wildman–Crippen MR) is 101 cm³/mol. The van der Waals surface area contributed by atoms with Gasteiger partial charge in [0.15, 0.2) is 0 Å². The summed E-state index contributed by atoms with van der Waals surface area (Å²) in [5, 5.41) is 2.89. The van der Waals surface area contributed by atoms with Gasteiger partial charge < -0.3 is 15.0 Å². The summed E-state index contributed by atoms with van der Waals surface area (Å²) in [6, 6.07) is 15.5. The summed E-state index contributed by atoms with van der Waals surface area (Å²) in [5.41, 5.74) is 3.06. The van der Waals surface area contributed by atoms with Crippen LogP contribution in [0.3, 0.4) is 0 Å². The lowest BCUT2D eigenvalue weighted by Gasteiger charge is -2.16. The lowest BCUT2D eigenvalue weighted by atomic mass is 10.2. The van der Waals surface area contributed by atoms with Crippen molar-refractivity contribution in [2.24, 2.45) is 0 Å². The molecule has 136 valence electrons. The Morgan fingerprint density at radius 1 is 1.19 bits per heavy atom. The Morgan fingerprint density at radius 2 is 2.00 bits per heavy atom. The quantitative estimate of drug-likeness (QED) is 0.832. The maximum Gasteiger partial charge on any atom is 0.227 e. The average Bonchev–Trinajstić information content (AvgIpc) is 3.06. The highest BCUT2D eigenvalue weighted by atomic mass is 16.5. The van der Waals surface area contributed by atoms with Crippen molar-refractivity contribution in [1.29, 1.82) is 0 Å². The fraction of sp³-hybridized carbons (Fsp3) is 0.333. The number of hydrogen-bond donors (Lipinski definition) is 1. The van der Waals surface area contributed by atoms with E-state index in [4.69, 9.17) is 4.74 Å². The third-order valence-electron chi connectivity index (χ3n) is 4.40. The van der Waals surface area contributed by atoms with Crippen LogP contribution in [0, 0.1) is 6.92 Å². The van der Waals surface area contributed by atoms with Crippen LogP contribution in [0.25, 0.3) is 0 Å². The molecule has 1 aliphatic heterocycles. The van der Waals surface area contributed by atoms with E-state index in [1.807, 2.05) is 60.4 Å². The number of nitrogens with one attached hydrogen (secondary N) is 1. The molecule has 3 rings (SSSR count).